The molecule has 0 spiro atoms. The quantitative estimate of drug-likeness (QED) is 0.651. The predicted octanol–water partition coefficient (Wildman–Crippen LogP) is -1.10. The fourth-order valence-corrected chi connectivity index (χ4v) is 2.82. The lowest BCUT2D eigenvalue weighted by Crippen LogP contribution is -2.62. The minimum Gasteiger partial charge on any atom is -0.391 e. The number of nitrogens with zero attached hydrogens (tertiary/aromatic N) is 2. The largest absolute Gasteiger partial charge is 0.391 e. The van der Waals surface area contributed by atoms with E-state index in [1.807, 2.05) is 16.9 Å². The van der Waals surface area contributed by atoms with Crippen molar-refractivity contribution in [2.24, 2.45) is 5.92 Å². The van der Waals surface area contributed by atoms with E-state index in [1.165, 1.54) is 0 Å². The molecular formula is C13H19N3O4. The second-order valence-corrected chi connectivity index (χ2v) is 5.74. The van der Waals surface area contributed by atoms with Crippen LogP contribution in [0.25, 0.3) is 0 Å². The predicted molar refractivity (Wildman–Crippen MR) is 68.7 cm³/mol. The van der Waals surface area contributed by atoms with E-state index < -0.39 is 17.6 Å². The number of amides is 1. The van der Waals surface area contributed by atoms with Crippen molar-refractivity contribution in [2.45, 2.75) is 37.1 Å². The van der Waals surface area contributed by atoms with Crippen LogP contribution in [0.2, 0.25) is 0 Å². The van der Waals surface area contributed by atoms with E-state index in [4.69, 9.17) is 4.74 Å². The van der Waals surface area contributed by atoms with Gasteiger partial charge in [0.05, 0.1) is 25.4 Å². The first kappa shape index (κ1) is 13.5. The number of hydrogen-bond donors (Lipinski definition) is 3. The van der Waals surface area contributed by atoms with Crippen molar-refractivity contribution in [1.29, 1.82) is 0 Å². The molecule has 1 aliphatic carbocycles. The van der Waals surface area contributed by atoms with Gasteiger partial charge in [0.25, 0.3) is 5.91 Å². The molecule has 0 aromatic carbocycles. The number of aromatic nitrogens is 2. The first-order valence-electron chi connectivity index (χ1n) is 6.83. The molecule has 1 aliphatic heterocycles. The van der Waals surface area contributed by atoms with E-state index in [0.29, 0.717) is 12.8 Å². The van der Waals surface area contributed by atoms with Crippen molar-refractivity contribution in [1.82, 2.24) is 15.1 Å². The van der Waals surface area contributed by atoms with Crippen molar-refractivity contribution in [3.63, 3.8) is 0 Å². The van der Waals surface area contributed by atoms with E-state index in [1.54, 1.807) is 6.20 Å². The average Bonchev–Trinajstić information content (AvgIpc) is 2.98. The Morgan fingerprint density at radius 3 is 2.90 bits per heavy atom. The van der Waals surface area contributed by atoms with Gasteiger partial charge in [0.1, 0.15) is 0 Å². The van der Waals surface area contributed by atoms with Gasteiger partial charge in [0.15, 0.2) is 5.60 Å². The van der Waals surface area contributed by atoms with Crippen LogP contribution in [0, 0.1) is 5.92 Å². The van der Waals surface area contributed by atoms with Crippen LogP contribution in [-0.4, -0.2) is 56.9 Å². The lowest BCUT2D eigenvalue weighted by atomic mass is 10.0. The summed E-state index contributed by atoms with van der Waals surface area (Å²) < 4.78 is 6.68. The lowest BCUT2D eigenvalue weighted by Gasteiger charge is -2.35. The third-order valence-corrected chi connectivity index (χ3v) is 4.05. The Labute approximate surface area is 116 Å². The fourth-order valence-electron chi connectivity index (χ4n) is 2.82. The molecule has 3 N–H and O–H groups in total. The summed E-state index contributed by atoms with van der Waals surface area (Å²) in [5, 5.41) is 26.8. The molecule has 1 saturated carbocycles. The minimum absolute atomic E-state index is 0.0262. The highest BCUT2D eigenvalue weighted by Crippen LogP contribution is 2.28. The SMILES string of the molecule is O=C(N[C@@H]1CC(Cn2cccn2)C[C@H]1O)C1(O)COC1. The van der Waals surface area contributed by atoms with E-state index in [2.05, 4.69) is 10.4 Å². The summed E-state index contributed by atoms with van der Waals surface area (Å²) in [4.78, 5) is 11.9. The van der Waals surface area contributed by atoms with Crippen LogP contribution in [0.15, 0.2) is 18.5 Å². The van der Waals surface area contributed by atoms with Crippen molar-refractivity contribution >= 4 is 5.91 Å². The monoisotopic (exact) mass is 281 g/mol. The summed E-state index contributed by atoms with van der Waals surface area (Å²) >= 11 is 0. The Bertz CT molecular complexity index is 472. The molecule has 1 saturated heterocycles. The lowest BCUT2D eigenvalue weighted by molar-refractivity contribution is -0.191. The molecule has 1 aromatic rings. The van der Waals surface area contributed by atoms with E-state index in [9.17, 15) is 15.0 Å². The molecule has 7 nitrogen and oxygen atoms in total. The Morgan fingerprint density at radius 1 is 1.50 bits per heavy atom. The van der Waals surface area contributed by atoms with Crippen molar-refractivity contribution in [3.8, 4) is 0 Å². The number of hydrogen-bond acceptors (Lipinski definition) is 5. The highest BCUT2D eigenvalue weighted by molar-refractivity contribution is 5.86. The molecule has 2 aliphatic rings. The maximum absolute atomic E-state index is 11.9. The minimum atomic E-state index is -1.42. The van der Waals surface area contributed by atoms with Crippen LogP contribution < -0.4 is 5.32 Å². The van der Waals surface area contributed by atoms with Crippen LogP contribution in [0.4, 0.5) is 0 Å². The smallest absolute Gasteiger partial charge is 0.257 e. The van der Waals surface area contributed by atoms with E-state index >= 15 is 0 Å². The Hall–Kier alpha value is -1.44. The number of nitrogens with one attached hydrogen (secondary N) is 1. The average molecular weight is 281 g/mol. The van der Waals surface area contributed by atoms with Gasteiger partial charge in [-0.2, -0.15) is 5.10 Å². The number of aliphatic hydroxyl groups excluding tert-OH is 1. The zero-order chi connectivity index (χ0) is 14.2. The third kappa shape index (κ3) is 2.56. The van der Waals surface area contributed by atoms with E-state index in [-0.39, 0.29) is 25.2 Å². The van der Waals surface area contributed by atoms with Crippen LogP contribution in [0.3, 0.4) is 0 Å². The number of aliphatic hydroxyl groups is 2. The Balaban J connectivity index is 1.54. The van der Waals surface area contributed by atoms with Gasteiger partial charge in [-0.15, -0.1) is 0 Å². The first-order valence-corrected chi connectivity index (χ1v) is 6.83. The highest BCUT2D eigenvalue weighted by atomic mass is 16.5. The molecule has 1 aromatic heterocycles. The first-order chi connectivity index (χ1) is 9.57. The standard InChI is InChI=1S/C13H19N3O4/c17-11-5-9(6-16-3-1-2-14-16)4-10(11)15-12(18)13(19)7-20-8-13/h1-3,9-11,17,19H,4-8H2,(H,15,18)/t9?,10-,11-/m1/s1. The fraction of sp³-hybridized carbons (Fsp3) is 0.692. The molecule has 0 radical (unpaired) electrons. The summed E-state index contributed by atoms with van der Waals surface area (Å²) in [6, 6.07) is 1.55. The highest BCUT2D eigenvalue weighted by Gasteiger charge is 2.46. The third-order valence-electron chi connectivity index (χ3n) is 4.05. The molecule has 0 bridgehead atoms. The van der Waals surface area contributed by atoms with E-state index in [0.717, 1.165) is 6.54 Å². The summed E-state index contributed by atoms with van der Waals surface area (Å²) in [5.41, 5.74) is -1.42. The number of ether oxygens (including phenoxy) is 1. The van der Waals surface area contributed by atoms with Gasteiger partial charge in [-0.3, -0.25) is 9.48 Å². The molecule has 1 unspecified atom stereocenters. The second-order valence-electron chi connectivity index (χ2n) is 5.74. The molecule has 20 heavy (non-hydrogen) atoms. The Kier molecular flexibility index (Phi) is 3.49. The van der Waals surface area contributed by atoms with Gasteiger partial charge < -0.3 is 20.3 Å². The maximum atomic E-state index is 11.9. The molecule has 1 amide bonds. The molecule has 7 heteroatoms. The summed E-state index contributed by atoms with van der Waals surface area (Å²) in [5.74, 6) is -0.185. The van der Waals surface area contributed by atoms with Gasteiger partial charge in [0, 0.05) is 18.9 Å². The molecule has 2 fully saturated rings. The zero-order valence-electron chi connectivity index (χ0n) is 11.1. The molecule has 2 heterocycles. The maximum Gasteiger partial charge on any atom is 0.257 e. The van der Waals surface area contributed by atoms with Gasteiger partial charge in [-0.05, 0) is 24.8 Å². The number of carbonyl (C=O) groups excluding carboxylic acids is 1. The summed E-state index contributed by atoms with van der Waals surface area (Å²) in [6.45, 7) is 0.778. The molecular weight excluding hydrogens is 262 g/mol. The number of carbonyl (C=O) groups is 1. The zero-order valence-corrected chi connectivity index (χ0v) is 11.1. The van der Waals surface area contributed by atoms with Crippen molar-refractivity contribution in [3.05, 3.63) is 18.5 Å². The number of rotatable bonds is 4. The summed E-state index contributed by atoms with van der Waals surface area (Å²) in [7, 11) is 0. The van der Waals surface area contributed by atoms with Crippen LogP contribution in [0.5, 0.6) is 0 Å². The van der Waals surface area contributed by atoms with Crippen molar-refractivity contribution < 1.29 is 19.7 Å². The van der Waals surface area contributed by atoms with Crippen molar-refractivity contribution in [2.75, 3.05) is 13.2 Å². The van der Waals surface area contributed by atoms with Crippen LogP contribution >= 0.6 is 0 Å². The van der Waals surface area contributed by atoms with Gasteiger partial charge in [0.2, 0.25) is 0 Å². The molecule has 3 atom stereocenters. The van der Waals surface area contributed by atoms with Gasteiger partial charge in [-0.25, -0.2) is 0 Å². The van der Waals surface area contributed by atoms with Gasteiger partial charge >= 0.3 is 0 Å². The second kappa shape index (κ2) is 5.16. The van der Waals surface area contributed by atoms with Crippen LogP contribution in [0.1, 0.15) is 12.8 Å². The summed E-state index contributed by atoms with van der Waals surface area (Å²) in [6.07, 6.45) is 4.33. The topological polar surface area (TPSA) is 96.6 Å². The van der Waals surface area contributed by atoms with Crippen LogP contribution in [-0.2, 0) is 16.1 Å². The Morgan fingerprint density at radius 2 is 2.30 bits per heavy atom. The normalized spacial score (nSPS) is 31.8. The van der Waals surface area contributed by atoms with Gasteiger partial charge in [-0.1, -0.05) is 0 Å². The molecule has 110 valence electrons. The molecule has 3 rings (SSSR count).